The van der Waals surface area contributed by atoms with Crippen LogP contribution in [0.15, 0.2) is 54.6 Å². The number of carbonyl (C=O) groups is 2. The summed E-state index contributed by atoms with van der Waals surface area (Å²) in [6, 6.07) is 16.1. The number of hydrogen-bond donors (Lipinski definition) is 1. The van der Waals surface area contributed by atoms with Gasteiger partial charge in [-0.3, -0.25) is 9.59 Å². The van der Waals surface area contributed by atoms with E-state index in [-0.39, 0.29) is 11.8 Å². The predicted octanol–water partition coefficient (Wildman–Crippen LogP) is 2.47. The molecule has 0 saturated carbocycles. The zero-order valence-corrected chi connectivity index (χ0v) is 14.8. The van der Waals surface area contributed by atoms with Crippen LogP contribution < -0.4 is 0 Å². The number of likely N-dealkylation sites (N-methyl/N-ethyl adjacent to an activating group) is 1. The summed E-state index contributed by atoms with van der Waals surface area (Å²) in [4.78, 5) is 27.6. The van der Waals surface area contributed by atoms with Gasteiger partial charge in [-0.15, -0.1) is 0 Å². The van der Waals surface area contributed by atoms with Crippen LogP contribution in [0.25, 0.3) is 0 Å². The molecule has 132 valence electrons. The fourth-order valence-electron chi connectivity index (χ4n) is 2.53. The van der Waals surface area contributed by atoms with Crippen LogP contribution in [0.2, 0.25) is 0 Å². The highest BCUT2D eigenvalue weighted by Crippen LogP contribution is 2.17. The zero-order valence-electron chi connectivity index (χ0n) is 14.8. The van der Waals surface area contributed by atoms with E-state index in [0.29, 0.717) is 24.2 Å². The molecule has 0 bridgehead atoms. The highest BCUT2D eigenvalue weighted by molar-refractivity contribution is 5.93. The van der Waals surface area contributed by atoms with Gasteiger partial charge in [0.05, 0.1) is 0 Å². The second-order valence-corrected chi connectivity index (χ2v) is 6.06. The molecule has 0 saturated heterocycles. The van der Waals surface area contributed by atoms with Crippen molar-refractivity contribution in [2.45, 2.75) is 19.6 Å². The number of carbonyl (C=O) groups excluding carboxylic acids is 2. The van der Waals surface area contributed by atoms with Gasteiger partial charge in [-0.2, -0.15) is 0 Å². The number of amides is 2. The topological polar surface area (TPSA) is 60.9 Å². The third-order valence-electron chi connectivity index (χ3n) is 4.02. The maximum Gasteiger partial charge on any atom is 0.256 e. The largest absolute Gasteiger partial charge is 0.378 e. The van der Waals surface area contributed by atoms with Gasteiger partial charge in [0.25, 0.3) is 11.8 Å². The molecule has 2 amide bonds. The third kappa shape index (κ3) is 4.67. The van der Waals surface area contributed by atoms with Crippen molar-refractivity contribution in [2.75, 3.05) is 20.6 Å². The highest BCUT2D eigenvalue weighted by atomic mass is 16.3. The van der Waals surface area contributed by atoms with Crippen LogP contribution in [0, 0.1) is 0 Å². The van der Waals surface area contributed by atoms with E-state index in [2.05, 4.69) is 0 Å². The average Bonchev–Trinajstić information content (AvgIpc) is 2.65. The van der Waals surface area contributed by atoms with Gasteiger partial charge in [0.2, 0.25) is 0 Å². The Morgan fingerprint density at radius 3 is 2.12 bits per heavy atom. The normalized spacial score (nSPS) is 11.7. The van der Waals surface area contributed by atoms with E-state index in [1.165, 1.54) is 4.90 Å². The molecule has 0 aliphatic carbocycles. The second-order valence-electron chi connectivity index (χ2n) is 6.06. The Labute approximate surface area is 148 Å². The van der Waals surface area contributed by atoms with E-state index in [1.54, 1.807) is 55.4 Å². The molecule has 1 N–H and O–H groups in total. The number of benzene rings is 2. The summed E-state index contributed by atoms with van der Waals surface area (Å²) in [7, 11) is 3.41. The van der Waals surface area contributed by atoms with Crippen molar-refractivity contribution in [3.63, 3.8) is 0 Å². The number of hydrogen-bond acceptors (Lipinski definition) is 3. The Hall–Kier alpha value is -2.66. The van der Waals surface area contributed by atoms with Crippen LogP contribution in [0.3, 0.4) is 0 Å². The first-order valence-electron chi connectivity index (χ1n) is 8.26. The van der Waals surface area contributed by atoms with Crippen LogP contribution in [-0.4, -0.2) is 47.4 Å². The molecule has 0 heterocycles. The molecule has 2 rings (SSSR count). The Balaban J connectivity index is 2.08. The lowest BCUT2D eigenvalue weighted by Gasteiger charge is -2.24. The lowest BCUT2D eigenvalue weighted by molar-refractivity contribution is -0.141. The number of nitrogens with zero attached hydrogens (tertiary/aromatic N) is 2. The first-order valence-corrected chi connectivity index (χ1v) is 8.26. The Morgan fingerprint density at radius 1 is 1.00 bits per heavy atom. The molecule has 2 aromatic carbocycles. The first-order chi connectivity index (χ1) is 11.9. The molecule has 1 atom stereocenters. The summed E-state index contributed by atoms with van der Waals surface area (Å²) in [5.41, 5.74) is 2.09. The molecular weight excluding hydrogens is 316 g/mol. The van der Waals surface area contributed by atoms with E-state index < -0.39 is 6.10 Å². The molecule has 0 aliphatic heterocycles. The maximum absolute atomic E-state index is 12.6. The lowest BCUT2D eigenvalue weighted by atomic mass is 10.1. The molecule has 5 heteroatoms. The number of aliphatic hydroxyl groups is 1. The quantitative estimate of drug-likeness (QED) is 0.879. The Kier molecular flexibility index (Phi) is 6.31. The molecular formula is C20H24N2O3. The van der Waals surface area contributed by atoms with Gasteiger partial charge >= 0.3 is 0 Å². The van der Waals surface area contributed by atoms with Gasteiger partial charge < -0.3 is 14.9 Å². The molecule has 2 aromatic rings. The molecule has 0 radical (unpaired) electrons. The molecule has 1 unspecified atom stereocenters. The summed E-state index contributed by atoms with van der Waals surface area (Å²) in [6.45, 7) is 2.75. The van der Waals surface area contributed by atoms with Gasteiger partial charge in [-0.05, 0) is 30.2 Å². The summed E-state index contributed by atoms with van der Waals surface area (Å²) in [5.74, 6) is -0.392. The fraction of sp³-hybridized carbons (Fsp3) is 0.300. The van der Waals surface area contributed by atoms with Gasteiger partial charge in [0, 0.05) is 32.7 Å². The summed E-state index contributed by atoms with van der Waals surface area (Å²) >= 11 is 0. The van der Waals surface area contributed by atoms with Crippen LogP contribution in [0.5, 0.6) is 0 Å². The van der Waals surface area contributed by atoms with Crippen molar-refractivity contribution in [1.82, 2.24) is 9.80 Å². The fourth-order valence-corrected chi connectivity index (χ4v) is 2.53. The molecule has 25 heavy (non-hydrogen) atoms. The average molecular weight is 340 g/mol. The van der Waals surface area contributed by atoms with Crippen molar-refractivity contribution in [3.8, 4) is 0 Å². The first kappa shape index (κ1) is 18.7. The van der Waals surface area contributed by atoms with Crippen molar-refractivity contribution in [1.29, 1.82) is 0 Å². The smallest absolute Gasteiger partial charge is 0.256 e. The van der Waals surface area contributed by atoms with E-state index in [4.69, 9.17) is 0 Å². The Bertz CT molecular complexity index is 711. The summed E-state index contributed by atoms with van der Waals surface area (Å²) in [6.07, 6.45) is -1.17. The van der Waals surface area contributed by atoms with E-state index >= 15 is 0 Å². The number of aliphatic hydroxyl groups excluding tert-OH is 1. The van der Waals surface area contributed by atoms with Crippen molar-refractivity contribution in [2.24, 2.45) is 0 Å². The van der Waals surface area contributed by atoms with E-state index in [9.17, 15) is 14.7 Å². The maximum atomic E-state index is 12.6. The van der Waals surface area contributed by atoms with Crippen LogP contribution >= 0.6 is 0 Å². The van der Waals surface area contributed by atoms with Gasteiger partial charge in [0.1, 0.15) is 0 Å². The van der Waals surface area contributed by atoms with Crippen molar-refractivity contribution >= 4 is 11.8 Å². The second kappa shape index (κ2) is 8.44. The SMILES string of the molecule is CCN(Cc1ccc(C(=O)N(C)C)cc1)C(=O)C(O)c1ccccc1. The molecule has 0 aromatic heterocycles. The van der Waals surface area contributed by atoms with Crippen LogP contribution in [0.4, 0.5) is 0 Å². The van der Waals surface area contributed by atoms with E-state index in [1.807, 2.05) is 25.1 Å². The minimum atomic E-state index is -1.17. The molecule has 0 spiro atoms. The predicted molar refractivity (Wildman–Crippen MR) is 97.0 cm³/mol. The van der Waals surface area contributed by atoms with Gasteiger partial charge in [-0.1, -0.05) is 42.5 Å². The van der Waals surface area contributed by atoms with Crippen molar-refractivity contribution in [3.05, 3.63) is 71.3 Å². The van der Waals surface area contributed by atoms with Crippen molar-refractivity contribution < 1.29 is 14.7 Å². The third-order valence-corrected chi connectivity index (χ3v) is 4.02. The summed E-state index contributed by atoms with van der Waals surface area (Å²) in [5, 5.41) is 10.3. The molecule has 5 nitrogen and oxygen atoms in total. The molecule has 0 aliphatic rings. The standard InChI is InChI=1S/C20H24N2O3/c1-4-22(20(25)18(23)16-8-6-5-7-9-16)14-15-10-12-17(13-11-15)19(24)21(2)3/h5-13,18,23H,4,14H2,1-3H3. The molecule has 0 fully saturated rings. The monoisotopic (exact) mass is 340 g/mol. The van der Waals surface area contributed by atoms with Crippen LogP contribution in [0.1, 0.15) is 34.5 Å². The van der Waals surface area contributed by atoms with Crippen LogP contribution in [-0.2, 0) is 11.3 Å². The summed E-state index contributed by atoms with van der Waals surface area (Å²) < 4.78 is 0. The van der Waals surface area contributed by atoms with Gasteiger partial charge in [0.15, 0.2) is 6.10 Å². The number of rotatable bonds is 6. The minimum Gasteiger partial charge on any atom is -0.378 e. The van der Waals surface area contributed by atoms with Gasteiger partial charge in [-0.25, -0.2) is 0 Å². The minimum absolute atomic E-state index is 0.0607. The highest BCUT2D eigenvalue weighted by Gasteiger charge is 2.22. The lowest BCUT2D eigenvalue weighted by Crippen LogP contribution is -2.34. The van der Waals surface area contributed by atoms with E-state index in [0.717, 1.165) is 5.56 Å². The zero-order chi connectivity index (χ0) is 18.4. The Morgan fingerprint density at radius 2 is 1.60 bits per heavy atom.